The summed E-state index contributed by atoms with van der Waals surface area (Å²) in [5.74, 6) is 0.550. The molecule has 2 fully saturated rings. The van der Waals surface area contributed by atoms with Crippen LogP contribution in [0.1, 0.15) is 59.8 Å². The Hall–Kier alpha value is -1.03. The molecule has 4 nitrogen and oxygen atoms in total. The topological polar surface area (TPSA) is 41.6 Å². The first-order valence-electron chi connectivity index (χ1n) is 8.65. The molecular weight excluding hydrogens is 276 g/mol. The average Bonchev–Trinajstić information content (AvgIpc) is 3.02. The minimum absolute atomic E-state index is 0.138. The molecule has 0 aromatic rings. The molecule has 3 atom stereocenters. The third-order valence-corrected chi connectivity index (χ3v) is 4.66. The highest BCUT2D eigenvalue weighted by atomic mass is 16.6. The van der Waals surface area contributed by atoms with Crippen molar-refractivity contribution >= 4 is 6.09 Å². The Labute approximate surface area is 135 Å². The van der Waals surface area contributed by atoms with Gasteiger partial charge >= 0.3 is 6.09 Å². The van der Waals surface area contributed by atoms with E-state index in [9.17, 15) is 4.79 Å². The fourth-order valence-electron chi connectivity index (χ4n) is 3.79. The highest BCUT2D eigenvalue weighted by Crippen LogP contribution is 2.36. The molecule has 4 heteroatoms. The number of carbonyl (C=O) groups is 1. The summed E-state index contributed by atoms with van der Waals surface area (Å²) in [6.07, 6.45) is 5.72. The molecule has 0 aromatic carbocycles. The Kier molecular flexibility index (Phi) is 5.54. The molecule has 1 heterocycles. The number of hydrogen-bond acceptors (Lipinski definition) is 3. The third kappa shape index (κ3) is 4.48. The summed E-state index contributed by atoms with van der Waals surface area (Å²) in [4.78, 5) is 14.5. The summed E-state index contributed by atoms with van der Waals surface area (Å²) in [6.45, 7) is 13.5. The minimum atomic E-state index is -0.419. The standard InChI is InChI=1S/C18H32N2O2/c1-13(2)12-19-15-9-6-8-14(15)16-10-7-11-20(16)17(21)22-18(3,4)5/h14-16,19H,1,6-12H2,2-5H3. The zero-order chi connectivity index (χ0) is 16.3. The molecule has 0 radical (unpaired) electrons. The average molecular weight is 308 g/mol. The van der Waals surface area contributed by atoms with E-state index in [0.29, 0.717) is 18.0 Å². The molecule has 0 spiro atoms. The van der Waals surface area contributed by atoms with Gasteiger partial charge in [0.25, 0.3) is 0 Å². The molecule has 22 heavy (non-hydrogen) atoms. The second-order valence-electron chi connectivity index (χ2n) is 7.92. The lowest BCUT2D eigenvalue weighted by Gasteiger charge is -2.34. The van der Waals surface area contributed by atoms with Gasteiger partial charge in [0.15, 0.2) is 0 Å². The van der Waals surface area contributed by atoms with Crippen LogP contribution in [0, 0.1) is 5.92 Å². The molecular formula is C18H32N2O2. The smallest absolute Gasteiger partial charge is 0.410 e. The number of nitrogens with one attached hydrogen (secondary N) is 1. The highest BCUT2D eigenvalue weighted by Gasteiger charge is 2.41. The van der Waals surface area contributed by atoms with Crippen molar-refractivity contribution in [3.8, 4) is 0 Å². The van der Waals surface area contributed by atoms with E-state index in [4.69, 9.17) is 4.74 Å². The Bertz CT molecular complexity index is 414. The molecule has 1 saturated carbocycles. The van der Waals surface area contributed by atoms with Crippen LogP contribution in [0.2, 0.25) is 0 Å². The molecule has 0 bridgehead atoms. The number of ether oxygens (including phenoxy) is 1. The van der Waals surface area contributed by atoms with Gasteiger partial charge in [-0.1, -0.05) is 18.6 Å². The first kappa shape index (κ1) is 17.3. The number of rotatable bonds is 4. The molecule has 1 amide bonds. The van der Waals surface area contributed by atoms with Gasteiger partial charge in [0.05, 0.1) is 0 Å². The van der Waals surface area contributed by atoms with E-state index in [1.54, 1.807) is 0 Å². The lowest BCUT2D eigenvalue weighted by molar-refractivity contribution is 0.0167. The van der Waals surface area contributed by atoms with Crippen molar-refractivity contribution < 1.29 is 9.53 Å². The lowest BCUT2D eigenvalue weighted by Crippen LogP contribution is -2.47. The van der Waals surface area contributed by atoms with Crippen LogP contribution in [0.15, 0.2) is 12.2 Å². The zero-order valence-electron chi connectivity index (χ0n) is 14.7. The minimum Gasteiger partial charge on any atom is -0.444 e. The van der Waals surface area contributed by atoms with Crippen LogP contribution in [-0.2, 0) is 4.74 Å². The van der Waals surface area contributed by atoms with Crippen molar-refractivity contribution in [2.45, 2.75) is 77.5 Å². The summed E-state index contributed by atoms with van der Waals surface area (Å²) in [5, 5.41) is 3.64. The number of nitrogens with zero attached hydrogens (tertiary/aromatic N) is 1. The third-order valence-electron chi connectivity index (χ3n) is 4.66. The molecule has 1 N–H and O–H groups in total. The van der Waals surface area contributed by atoms with Gasteiger partial charge in [-0.2, -0.15) is 0 Å². The van der Waals surface area contributed by atoms with E-state index in [2.05, 4.69) is 18.8 Å². The number of carbonyl (C=O) groups excluding carboxylic acids is 1. The van der Waals surface area contributed by atoms with Gasteiger partial charge < -0.3 is 15.0 Å². The summed E-state index contributed by atoms with van der Waals surface area (Å²) in [7, 11) is 0. The van der Waals surface area contributed by atoms with Crippen molar-refractivity contribution in [1.29, 1.82) is 0 Å². The largest absolute Gasteiger partial charge is 0.444 e. The van der Waals surface area contributed by atoms with Crippen molar-refractivity contribution in [1.82, 2.24) is 10.2 Å². The number of likely N-dealkylation sites (tertiary alicyclic amines) is 1. The van der Waals surface area contributed by atoms with Crippen molar-refractivity contribution in [3.05, 3.63) is 12.2 Å². The Morgan fingerprint density at radius 3 is 2.64 bits per heavy atom. The number of amides is 1. The maximum absolute atomic E-state index is 12.5. The maximum atomic E-state index is 12.5. The van der Waals surface area contributed by atoms with E-state index >= 15 is 0 Å². The maximum Gasteiger partial charge on any atom is 0.410 e. The molecule has 1 aliphatic carbocycles. The van der Waals surface area contributed by atoms with Crippen LogP contribution in [0.5, 0.6) is 0 Å². The van der Waals surface area contributed by atoms with Gasteiger partial charge in [-0.15, -0.1) is 0 Å². The lowest BCUT2D eigenvalue weighted by atomic mass is 9.92. The van der Waals surface area contributed by atoms with Gasteiger partial charge in [-0.05, 0) is 59.3 Å². The molecule has 0 aromatic heterocycles. The van der Waals surface area contributed by atoms with Crippen LogP contribution in [0.3, 0.4) is 0 Å². The fraction of sp³-hybridized carbons (Fsp3) is 0.833. The van der Waals surface area contributed by atoms with Crippen LogP contribution in [0.25, 0.3) is 0 Å². The van der Waals surface area contributed by atoms with Crippen LogP contribution in [-0.4, -0.2) is 41.8 Å². The predicted molar refractivity (Wildman–Crippen MR) is 89.9 cm³/mol. The fourth-order valence-corrected chi connectivity index (χ4v) is 3.79. The summed E-state index contributed by atoms with van der Waals surface area (Å²) in [6, 6.07) is 0.838. The van der Waals surface area contributed by atoms with Crippen molar-refractivity contribution in [2.24, 2.45) is 5.92 Å². The van der Waals surface area contributed by atoms with E-state index in [1.807, 2.05) is 25.7 Å². The summed E-state index contributed by atoms with van der Waals surface area (Å²) < 4.78 is 5.60. The predicted octanol–water partition coefficient (Wildman–Crippen LogP) is 3.72. The van der Waals surface area contributed by atoms with Crippen LogP contribution >= 0.6 is 0 Å². The van der Waals surface area contributed by atoms with Gasteiger partial charge in [-0.3, -0.25) is 0 Å². The normalized spacial score (nSPS) is 28.9. The first-order valence-corrected chi connectivity index (χ1v) is 8.65. The van der Waals surface area contributed by atoms with Crippen molar-refractivity contribution in [2.75, 3.05) is 13.1 Å². The van der Waals surface area contributed by atoms with Gasteiger partial charge in [0.2, 0.25) is 0 Å². The van der Waals surface area contributed by atoms with E-state index in [1.165, 1.54) is 24.8 Å². The van der Waals surface area contributed by atoms with Gasteiger partial charge in [0.1, 0.15) is 5.60 Å². The zero-order valence-corrected chi connectivity index (χ0v) is 14.7. The molecule has 3 unspecified atom stereocenters. The van der Waals surface area contributed by atoms with Gasteiger partial charge in [-0.25, -0.2) is 4.79 Å². The summed E-state index contributed by atoms with van der Waals surface area (Å²) >= 11 is 0. The second-order valence-corrected chi connectivity index (χ2v) is 7.92. The Morgan fingerprint density at radius 2 is 2.00 bits per heavy atom. The SMILES string of the molecule is C=C(C)CNC1CCCC1C1CCCN1C(=O)OC(C)(C)C. The highest BCUT2D eigenvalue weighted by molar-refractivity contribution is 5.69. The first-order chi connectivity index (χ1) is 10.3. The number of hydrogen-bond donors (Lipinski definition) is 1. The van der Waals surface area contributed by atoms with Crippen molar-refractivity contribution in [3.63, 3.8) is 0 Å². The monoisotopic (exact) mass is 308 g/mol. The molecule has 1 saturated heterocycles. The Balaban J connectivity index is 1.99. The van der Waals surface area contributed by atoms with E-state index in [-0.39, 0.29) is 6.09 Å². The molecule has 126 valence electrons. The summed E-state index contributed by atoms with van der Waals surface area (Å²) in [5.41, 5.74) is 0.749. The molecule has 2 rings (SSSR count). The van der Waals surface area contributed by atoms with Crippen LogP contribution < -0.4 is 5.32 Å². The molecule has 1 aliphatic heterocycles. The van der Waals surface area contributed by atoms with Gasteiger partial charge in [0, 0.05) is 25.2 Å². The van der Waals surface area contributed by atoms with E-state index in [0.717, 1.165) is 25.9 Å². The van der Waals surface area contributed by atoms with E-state index < -0.39 is 5.60 Å². The Morgan fingerprint density at radius 1 is 1.27 bits per heavy atom. The second kappa shape index (κ2) is 7.03. The quantitative estimate of drug-likeness (QED) is 0.805. The molecule has 2 aliphatic rings. The van der Waals surface area contributed by atoms with Crippen LogP contribution in [0.4, 0.5) is 4.79 Å².